The first-order valence-electron chi connectivity index (χ1n) is 6.26. The Labute approximate surface area is 103 Å². The molecule has 0 amide bonds. The van der Waals surface area contributed by atoms with Crippen molar-refractivity contribution < 1.29 is 0 Å². The molecule has 1 atom stereocenters. The lowest BCUT2D eigenvalue weighted by atomic mass is 9.82. The van der Waals surface area contributed by atoms with Crippen LogP contribution in [0.5, 0.6) is 0 Å². The first kappa shape index (κ1) is 11.9. The van der Waals surface area contributed by atoms with Gasteiger partial charge in [-0.2, -0.15) is 0 Å². The zero-order valence-corrected chi connectivity index (χ0v) is 10.4. The number of nitrogens with two attached hydrogens (primary N) is 1. The van der Waals surface area contributed by atoms with Crippen molar-refractivity contribution in [2.24, 2.45) is 11.7 Å². The molecule has 1 aliphatic rings. The van der Waals surface area contributed by atoms with E-state index in [1.54, 1.807) is 0 Å². The molecule has 2 N–H and O–H groups in total. The maximum absolute atomic E-state index is 6.29. The second-order valence-electron chi connectivity index (χ2n) is 4.89. The summed E-state index contributed by atoms with van der Waals surface area (Å²) in [6, 6.07) is 8.40. The third-order valence-corrected chi connectivity index (χ3v) is 3.89. The average molecular weight is 238 g/mol. The lowest BCUT2D eigenvalue weighted by Crippen LogP contribution is -2.33. The minimum absolute atomic E-state index is 0.321. The topological polar surface area (TPSA) is 26.0 Å². The highest BCUT2D eigenvalue weighted by molar-refractivity contribution is 6.30. The van der Waals surface area contributed by atoms with Crippen molar-refractivity contribution in [3.8, 4) is 0 Å². The van der Waals surface area contributed by atoms with Crippen molar-refractivity contribution >= 4 is 11.6 Å². The Morgan fingerprint density at radius 2 is 1.75 bits per heavy atom. The molecule has 1 saturated carbocycles. The van der Waals surface area contributed by atoms with Gasteiger partial charge in [-0.05, 0) is 42.9 Å². The number of hydrogen-bond acceptors (Lipinski definition) is 1. The van der Waals surface area contributed by atoms with E-state index in [4.69, 9.17) is 17.3 Å². The van der Waals surface area contributed by atoms with E-state index in [9.17, 15) is 0 Å². The number of halogens is 1. The largest absolute Gasteiger partial charge is 0.327 e. The van der Waals surface area contributed by atoms with Crippen LogP contribution in [-0.4, -0.2) is 6.04 Å². The van der Waals surface area contributed by atoms with Crippen LogP contribution >= 0.6 is 11.6 Å². The summed E-state index contributed by atoms with van der Waals surface area (Å²) >= 11 is 5.87. The number of benzene rings is 1. The van der Waals surface area contributed by atoms with Gasteiger partial charge in [-0.1, -0.05) is 43.0 Å². The SMILES string of the molecule is N[C@H](Cc1ccc(Cl)cc1)C1CCCCC1. The molecule has 0 aliphatic heterocycles. The molecule has 1 nitrogen and oxygen atoms in total. The molecule has 1 fully saturated rings. The Kier molecular flexibility index (Phi) is 4.25. The maximum atomic E-state index is 6.29. The number of hydrogen-bond donors (Lipinski definition) is 1. The molecule has 0 bridgehead atoms. The van der Waals surface area contributed by atoms with E-state index in [0.29, 0.717) is 6.04 Å². The van der Waals surface area contributed by atoms with Crippen molar-refractivity contribution in [3.63, 3.8) is 0 Å². The fourth-order valence-electron chi connectivity index (χ4n) is 2.62. The van der Waals surface area contributed by atoms with E-state index in [2.05, 4.69) is 12.1 Å². The molecule has 0 unspecified atom stereocenters. The average Bonchev–Trinajstić information content (AvgIpc) is 2.33. The molecular weight excluding hydrogens is 218 g/mol. The smallest absolute Gasteiger partial charge is 0.0406 e. The van der Waals surface area contributed by atoms with Gasteiger partial charge >= 0.3 is 0 Å². The Balaban J connectivity index is 1.90. The summed E-state index contributed by atoms with van der Waals surface area (Å²) in [7, 11) is 0. The van der Waals surface area contributed by atoms with E-state index in [-0.39, 0.29) is 0 Å². The van der Waals surface area contributed by atoms with Gasteiger partial charge in [0.1, 0.15) is 0 Å². The van der Waals surface area contributed by atoms with Crippen molar-refractivity contribution in [2.75, 3.05) is 0 Å². The van der Waals surface area contributed by atoms with Crippen LogP contribution in [0.3, 0.4) is 0 Å². The van der Waals surface area contributed by atoms with Gasteiger partial charge in [-0.3, -0.25) is 0 Å². The lowest BCUT2D eigenvalue weighted by Gasteiger charge is -2.27. The van der Waals surface area contributed by atoms with Crippen molar-refractivity contribution in [3.05, 3.63) is 34.9 Å². The molecule has 88 valence electrons. The highest BCUT2D eigenvalue weighted by Gasteiger charge is 2.20. The van der Waals surface area contributed by atoms with Crippen LogP contribution < -0.4 is 5.73 Å². The van der Waals surface area contributed by atoms with E-state index < -0.39 is 0 Å². The van der Waals surface area contributed by atoms with Crippen LogP contribution in [0, 0.1) is 5.92 Å². The first-order chi connectivity index (χ1) is 7.75. The molecule has 1 aromatic rings. The molecule has 0 heterocycles. The van der Waals surface area contributed by atoms with Gasteiger partial charge in [0.05, 0.1) is 0 Å². The van der Waals surface area contributed by atoms with Gasteiger partial charge in [0.25, 0.3) is 0 Å². The molecule has 16 heavy (non-hydrogen) atoms. The van der Waals surface area contributed by atoms with Gasteiger partial charge in [0.15, 0.2) is 0 Å². The fourth-order valence-corrected chi connectivity index (χ4v) is 2.75. The van der Waals surface area contributed by atoms with Gasteiger partial charge in [-0.25, -0.2) is 0 Å². The van der Waals surface area contributed by atoms with Crippen LogP contribution in [0.1, 0.15) is 37.7 Å². The van der Waals surface area contributed by atoms with Gasteiger partial charge < -0.3 is 5.73 Å². The third kappa shape index (κ3) is 3.23. The van der Waals surface area contributed by atoms with E-state index in [0.717, 1.165) is 17.4 Å². The standard InChI is InChI=1S/C14H20ClN/c15-13-8-6-11(7-9-13)10-14(16)12-4-2-1-3-5-12/h6-9,12,14H,1-5,10,16H2/t14-/m1/s1. The van der Waals surface area contributed by atoms with Gasteiger partial charge in [0.2, 0.25) is 0 Å². The predicted octanol–water partition coefficient (Wildman–Crippen LogP) is 3.79. The molecule has 2 heteroatoms. The Morgan fingerprint density at radius 3 is 2.38 bits per heavy atom. The maximum Gasteiger partial charge on any atom is 0.0406 e. The Morgan fingerprint density at radius 1 is 1.12 bits per heavy atom. The van der Waals surface area contributed by atoms with E-state index >= 15 is 0 Å². The Hall–Kier alpha value is -0.530. The van der Waals surface area contributed by atoms with Crippen molar-refractivity contribution in [2.45, 2.75) is 44.6 Å². The second kappa shape index (κ2) is 5.70. The minimum atomic E-state index is 0.321. The summed E-state index contributed by atoms with van der Waals surface area (Å²) < 4.78 is 0. The second-order valence-corrected chi connectivity index (χ2v) is 5.33. The predicted molar refractivity (Wildman–Crippen MR) is 69.7 cm³/mol. The molecule has 0 radical (unpaired) electrons. The monoisotopic (exact) mass is 237 g/mol. The third-order valence-electron chi connectivity index (χ3n) is 3.64. The molecule has 0 saturated heterocycles. The highest BCUT2D eigenvalue weighted by atomic mass is 35.5. The highest BCUT2D eigenvalue weighted by Crippen LogP contribution is 2.27. The molecule has 0 spiro atoms. The van der Waals surface area contributed by atoms with Crippen LogP contribution in [-0.2, 0) is 6.42 Å². The zero-order chi connectivity index (χ0) is 11.4. The fraction of sp³-hybridized carbons (Fsp3) is 0.571. The summed E-state index contributed by atoms with van der Waals surface area (Å²) in [5.41, 5.74) is 7.59. The molecule has 1 aromatic carbocycles. The Bertz CT molecular complexity index is 314. The molecular formula is C14H20ClN. The van der Waals surface area contributed by atoms with Crippen LogP contribution in [0.25, 0.3) is 0 Å². The normalized spacial score (nSPS) is 19.6. The summed E-state index contributed by atoms with van der Waals surface area (Å²) in [5.74, 6) is 0.726. The van der Waals surface area contributed by atoms with Crippen molar-refractivity contribution in [1.82, 2.24) is 0 Å². The van der Waals surface area contributed by atoms with Crippen LogP contribution in [0.15, 0.2) is 24.3 Å². The number of rotatable bonds is 3. The minimum Gasteiger partial charge on any atom is -0.327 e. The van der Waals surface area contributed by atoms with Crippen LogP contribution in [0.2, 0.25) is 5.02 Å². The molecule has 1 aliphatic carbocycles. The van der Waals surface area contributed by atoms with Gasteiger partial charge in [-0.15, -0.1) is 0 Å². The summed E-state index contributed by atoms with van der Waals surface area (Å²) in [6.45, 7) is 0. The first-order valence-corrected chi connectivity index (χ1v) is 6.63. The van der Waals surface area contributed by atoms with E-state index in [1.165, 1.54) is 37.7 Å². The zero-order valence-electron chi connectivity index (χ0n) is 9.66. The van der Waals surface area contributed by atoms with E-state index in [1.807, 2.05) is 12.1 Å². The summed E-state index contributed by atoms with van der Waals surface area (Å²) in [5, 5.41) is 0.801. The quantitative estimate of drug-likeness (QED) is 0.851. The molecule has 0 aromatic heterocycles. The van der Waals surface area contributed by atoms with Gasteiger partial charge in [0, 0.05) is 11.1 Å². The summed E-state index contributed by atoms with van der Waals surface area (Å²) in [6.07, 6.45) is 7.73. The lowest BCUT2D eigenvalue weighted by molar-refractivity contribution is 0.303. The van der Waals surface area contributed by atoms with Crippen molar-refractivity contribution in [1.29, 1.82) is 0 Å². The van der Waals surface area contributed by atoms with Crippen LogP contribution in [0.4, 0.5) is 0 Å². The summed E-state index contributed by atoms with van der Waals surface area (Å²) in [4.78, 5) is 0. The molecule has 2 rings (SSSR count).